The van der Waals surface area contributed by atoms with Crippen LogP contribution in [0.2, 0.25) is 0 Å². The standard InChI is InChI=1S/C29H44N4O6/c1-19(2)25-31-27(39-32-25)33-15-12-22(13-16-33)20(3)14-17-37-23-10-8-21(9-11-23)18-24(26(34)36-7)30-28(35)38-29(4,5)6/h8-11,19-20,22,24H,12-18H2,1-7H3,(H,30,35). The third-order valence-electron chi connectivity index (χ3n) is 6.94. The molecule has 2 atom stereocenters. The van der Waals surface area contributed by atoms with E-state index in [2.05, 4.69) is 41.1 Å². The molecule has 39 heavy (non-hydrogen) atoms. The van der Waals surface area contributed by atoms with Gasteiger partial charge in [-0.1, -0.05) is 38.1 Å². The van der Waals surface area contributed by atoms with Crippen molar-refractivity contribution in [1.82, 2.24) is 15.5 Å². The van der Waals surface area contributed by atoms with E-state index < -0.39 is 23.7 Å². The maximum atomic E-state index is 12.2. The summed E-state index contributed by atoms with van der Waals surface area (Å²) >= 11 is 0. The van der Waals surface area contributed by atoms with Crippen LogP contribution in [0.25, 0.3) is 0 Å². The molecule has 216 valence electrons. The van der Waals surface area contributed by atoms with E-state index in [0.717, 1.165) is 49.5 Å². The SMILES string of the molecule is COC(=O)C(Cc1ccc(OCCC(C)C2CCN(c3nc(C(C)C)no3)CC2)cc1)NC(=O)OC(C)(C)C. The van der Waals surface area contributed by atoms with Gasteiger partial charge in [-0.15, -0.1) is 0 Å². The highest BCUT2D eigenvalue weighted by atomic mass is 16.6. The Kier molecular flexibility index (Phi) is 10.6. The largest absolute Gasteiger partial charge is 0.494 e. The first-order chi connectivity index (χ1) is 18.4. The summed E-state index contributed by atoms with van der Waals surface area (Å²) in [6.07, 6.45) is 2.77. The van der Waals surface area contributed by atoms with E-state index in [4.69, 9.17) is 18.7 Å². The van der Waals surface area contributed by atoms with E-state index in [-0.39, 0.29) is 12.3 Å². The van der Waals surface area contributed by atoms with Gasteiger partial charge in [-0.3, -0.25) is 0 Å². The van der Waals surface area contributed by atoms with Gasteiger partial charge in [0.2, 0.25) is 0 Å². The van der Waals surface area contributed by atoms with Gasteiger partial charge in [-0.05, 0) is 69.6 Å². The molecule has 2 heterocycles. The Balaban J connectivity index is 1.42. The molecule has 1 aliphatic heterocycles. The maximum absolute atomic E-state index is 12.2. The smallest absolute Gasteiger partial charge is 0.408 e. The van der Waals surface area contributed by atoms with Crippen molar-refractivity contribution in [3.05, 3.63) is 35.7 Å². The van der Waals surface area contributed by atoms with Crippen molar-refractivity contribution >= 4 is 18.1 Å². The van der Waals surface area contributed by atoms with Gasteiger partial charge < -0.3 is 29.0 Å². The number of carbonyl (C=O) groups is 2. The average Bonchev–Trinajstić information content (AvgIpc) is 3.38. The first kappa shape index (κ1) is 30.2. The van der Waals surface area contributed by atoms with Gasteiger partial charge in [-0.2, -0.15) is 4.98 Å². The van der Waals surface area contributed by atoms with Crippen LogP contribution in [0.3, 0.4) is 0 Å². The number of rotatable bonds is 11. The number of anilines is 1. The van der Waals surface area contributed by atoms with Gasteiger partial charge in [0.1, 0.15) is 17.4 Å². The van der Waals surface area contributed by atoms with Crippen molar-refractivity contribution in [3.8, 4) is 5.75 Å². The van der Waals surface area contributed by atoms with Crippen LogP contribution in [0.1, 0.15) is 78.1 Å². The lowest BCUT2D eigenvalue weighted by Crippen LogP contribution is -2.45. The topological polar surface area (TPSA) is 116 Å². The van der Waals surface area contributed by atoms with Crippen LogP contribution in [0, 0.1) is 11.8 Å². The Morgan fingerprint density at radius 1 is 1.13 bits per heavy atom. The number of hydrogen-bond acceptors (Lipinski definition) is 9. The molecule has 2 unspecified atom stereocenters. The van der Waals surface area contributed by atoms with Crippen molar-refractivity contribution in [2.45, 2.75) is 84.8 Å². The molecule has 0 radical (unpaired) electrons. The number of hydrogen-bond donors (Lipinski definition) is 1. The number of nitrogens with zero attached hydrogens (tertiary/aromatic N) is 3. The monoisotopic (exact) mass is 544 g/mol. The van der Waals surface area contributed by atoms with Gasteiger partial charge >= 0.3 is 18.1 Å². The molecule has 0 aliphatic carbocycles. The quantitative estimate of drug-likeness (QED) is 0.385. The molecule has 10 nitrogen and oxygen atoms in total. The fourth-order valence-corrected chi connectivity index (χ4v) is 4.59. The van der Waals surface area contributed by atoms with E-state index in [9.17, 15) is 9.59 Å². The molecule has 1 aliphatic rings. The second kappa shape index (κ2) is 13.7. The van der Waals surface area contributed by atoms with Crippen LogP contribution in [0.15, 0.2) is 28.8 Å². The lowest BCUT2D eigenvalue weighted by molar-refractivity contribution is -0.143. The highest BCUT2D eigenvalue weighted by molar-refractivity contribution is 5.81. The van der Waals surface area contributed by atoms with E-state index >= 15 is 0 Å². The third kappa shape index (κ3) is 9.44. The number of methoxy groups -OCH3 is 1. The number of aromatic nitrogens is 2. The number of alkyl carbamates (subject to hydrolysis) is 1. The predicted molar refractivity (Wildman–Crippen MR) is 148 cm³/mol. The van der Waals surface area contributed by atoms with Crippen LogP contribution >= 0.6 is 0 Å². The van der Waals surface area contributed by atoms with E-state index in [1.807, 2.05) is 24.3 Å². The lowest BCUT2D eigenvalue weighted by atomic mass is 9.84. The Morgan fingerprint density at radius 2 is 1.79 bits per heavy atom. The molecule has 0 saturated carbocycles. The first-order valence-electron chi connectivity index (χ1n) is 13.8. The second-order valence-corrected chi connectivity index (χ2v) is 11.6. The summed E-state index contributed by atoms with van der Waals surface area (Å²) < 4.78 is 21.6. The number of amides is 1. The normalized spacial score (nSPS) is 16.1. The van der Waals surface area contributed by atoms with E-state index in [1.54, 1.807) is 20.8 Å². The minimum atomic E-state index is -0.846. The zero-order valence-corrected chi connectivity index (χ0v) is 24.4. The van der Waals surface area contributed by atoms with Crippen LogP contribution < -0.4 is 15.0 Å². The molecule has 3 rings (SSSR count). The summed E-state index contributed by atoms with van der Waals surface area (Å²) in [7, 11) is 1.30. The summed E-state index contributed by atoms with van der Waals surface area (Å²) in [5.74, 6) is 2.43. The van der Waals surface area contributed by atoms with Gasteiger partial charge in [0.25, 0.3) is 0 Å². The fraction of sp³-hybridized carbons (Fsp3) is 0.655. The van der Waals surface area contributed by atoms with Crippen LogP contribution in [-0.4, -0.2) is 60.7 Å². The van der Waals surface area contributed by atoms with Crippen molar-refractivity contribution in [1.29, 1.82) is 0 Å². The number of esters is 1. The molecule has 1 amide bonds. The van der Waals surface area contributed by atoms with E-state index in [1.165, 1.54) is 7.11 Å². The molecular formula is C29H44N4O6. The molecule has 0 spiro atoms. The van der Waals surface area contributed by atoms with Crippen LogP contribution in [0.5, 0.6) is 5.75 Å². The molecule has 0 bridgehead atoms. The maximum Gasteiger partial charge on any atom is 0.408 e. The minimum Gasteiger partial charge on any atom is -0.494 e. The second-order valence-electron chi connectivity index (χ2n) is 11.6. The summed E-state index contributed by atoms with van der Waals surface area (Å²) in [5.41, 5.74) is 0.210. The third-order valence-corrected chi connectivity index (χ3v) is 6.94. The first-order valence-corrected chi connectivity index (χ1v) is 13.8. The summed E-state index contributed by atoms with van der Waals surface area (Å²) in [6.45, 7) is 14.2. The van der Waals surface area contributed by atoms with E-state index in [0.29, 0.717) is 24.5 Å². The van der Waals surface area contributed by atoms with Crippen molar-refractivity contribution in [3.63, 3.8) is 0 Å². The molecule has 10 heteroatoms. The highest BCUT2D eigenvalue weighted by Crippen LogP contribution is 2.30. The number of ether oxygens (including phenoxy) is 3. The molecule has 1 aromatic carbocycles. The Morgan fingerprint density at radius 3 is 2.36 bits per heavy atom. The van der Waals surface area contributed by atoms with Crippen LogP contribution in [-0.2, 0) is 20.7 Å². The summed E-state index contributed by atoms with van der Waals surface area (Å²) in [5, 5.41) is 6.68. The average molecular weight is 545 g/mol. The predicted octanol–water partition coefficient (Wildman–Crippen LogP) is 5.12. The zero-order valence-electron chi connectivity index (χ0n) is 24.4. The van der Waals surface area contributed by atoms with Crippen molar-refractivity contribution in [2.75, 3.05) is 31.7 Å². The van der Waals surface area contributed by atoms with Crippen molar-refractivity contribution in [2.24, 2.45) is 11.8 Å². The summed E-state index contributed by atoms with van der Waals surface area (Å²) in [6, 6.07) is 7.34. The number of piperidine rings is 1. The van der Waals surface area contributed by atoms with Gasteiger partial charge in [0.15, 0.2) is 5.82 Å². The molecular weight excluding hydrogens is 500 g/mol. The van der Waals surface area contributed by atoms with Gasteiger partial charge in [0, 0.05) is 25.4 Å². The minimum absolute atomic E-state index is 0.259. The Labute approximate surface area is 231 Å². The highest BCUT2D eigenvalue weighted by Gasteiger charge is 2.27. The molecule has 1 saturated heterocycles. The van der Waals surface area contributed by atoms with Crippen molar-refractivity contribution < 1.29 is 28.3 Å². The van der Waals surface area contributed by atoms with Gasteiger partial charge in [0.05, 0.1) is 13.7 Å². The Bertz CT molecular complexity index is 1050. The molecule has 1 aromatic heterocycles. The molecule has 1 fully saturated rings. The Hall–Kier alpha value is -3.30. The van der Waals surface area contributed by atoms with Crippen LogP contribution in [0.4, 0.5) is 10.8 Å². The summed E-state index contributed by atoms with van der Waals surface area (Å²) in [4.78, 5) is 31.1. The zero-order chi connectivity index (χ0) is 28.6. The number of benzene rings is 1. The number of carbonyl (C=O) groups excluding carboxylic acids is 2. The van der Waals surface area contributed by atoms with Gasteiger partial charge in [-0.25, -0.2) is 9.59 Å². The molecule has 1 N–H and O–H groups in total. The molecule has 2 aromatic rings. The lowest BCUT2D eigenvalue weighted by Gasteiger charge is -2.33. The number of nitrogens with one attached hydrogen (secondary N) is 1. The fourth-order valence-electron chi connectivity index (χ4n) is 4.59.